The van der Waals surface area contributed by atoms with Gasteiger partial charge in [-0.25, -0.2) is 14.6 Å². The Morgan fingerprint density at radius 3 is 3.14 bits per heavy atom. The Bertz CT molecular complexity index is 469. The van der Waals surface area contributed by atoms with E-state index in [0.717, 1.165) is 0 Å². The molecule has 0 spiro atoms. The molecule has 0 unspecified atom stereocenters. The molecule has 0 atom stereocenters. The summed E-state index contributed by atoms with van der Waals surface area (Å²) in [4.78, 5) is 10.3. The molecule has 0 aromatic carbocycles. The lowest BCUT2D eigenvalue weighted by Crippen LogP contribution is -1.96. The molecule has 14 heavy (non-hydrogen) atoms. The van der Waals surface area contributed by atoms with Gasteiger partial charge in [0.1, 0.15) is 12.0 Å². The molecule has 68 valence electrons. The van der Waals surface area contributed by atoms with E-state index in [1.54, 1.807) is 18.5 Å². The highest BCUT2D eigenvalue weighted by Crippen LogP contribution is 2.17. The van der Waals surface area contributed by atoms with E-state index in [9.17, 15) is 0 Å². The van der Waals surface area contributed by atoms with Crippen molar-refractivity contribution in [2.45, 2.75) is 0 Å². The third kappa shape index (κ3) is 1.39. The summed E-state index contributed by atoms with van der Waals surface area (Å²) in [7, 11) is 0. The van der Waals surface area contributed by atoms with Crippen LogP contribution in [-0.4, -0.2) is 19.7 Å². The summed E-state index contributed by atoms with van der Waals surface area (Å²) < 4.78 is 1.53. The van der Waals surface area contributed by atoms with Gasteiger partial charge in [0.05, 0.1) is 6.20 Å². The quantitative estimate of drug-likeness (QED) is 0.406. The van der Waals surface area contributed by atoms with Gasteiger partial charge in [0, 0.05) is 17.3 Å². The van der Waals surface area contributed by atoms with E-state index in [1.165, 1.54) is 17.2 Å². The van der Waals surface area contributed by atoms with Gasteiger partial charge < -0.3 is 0 Å². The summed E-state index contributed by atoms with van der Waals surface area (Å²) in [5, 5.41) is 7.41. The molecule has 7 heteroatoms. The van der Waals surface area contributed by atoms with Crippen LogP contribution < -0.4 is 0 Å². The molecule has 0 bridgehead atoms. The molecule has 0 aliphatic heterocycles. The molecule has 0 aliphatic rings. The van der Waals surface area contributed by atoms with E-state index < -0.39 is 0 Å². The lowest BCUT2D eigenvalue weighted by atomic mass is 10.5. The average Bonchev–Trinajstić information content (AvgIpc) is 2.72. The van der Waals surface area contributed by atoms with E-state index >= 15 is 0 Å². The van der Waals surface area contributed by atoms with Crippen LogP contribution in [0.4, 0.5) is 5.82 Å². The fourth-order valence-electron chi connectivity index (χ4n) is 1.01. The molecule has 7 nitrogen and oxygen atoms in total. The fourth-order valence-corrected chi connectivity index (χ4v) is 1.01. The maximum Gasteiger partial charge on any atom is 0.155 e. The van der Waals surface area contributed by atoms with E-state index in [0.29, 0.717) is 5.69 Å². The van der Waals surface area contributed by atoms with Crippen LogP contribution in [0, 0.1) is 0 Å². The molecule has 2 rings (SSSR count). The third-order valence-electron chi connectivity index (χ3n) is 1.56. The van der Waals surface area contributed by atoms with Crippen molar-refractivity contribution in [1.29, 1.82) is 0 Å². The lowest BCUT2D eigenvalue weighted by molar-refractivity contribution is 0.863. The van der Waals surface area contributed by atoms with Crippen LogP contribution in [0.15, 0.2) is 36.1 Å². The van der Waals surface area contributed by atoms with Crippen molar-refractivity contribution in [3.63, 3.8) is 0 Å². The minimum Gasteiger partial charge on any atom is -0.243 e. The van der Waals surface area contributed by atoms with Crippen LogP contribution in [0.2, 0.25) is 0 Å². The summed E-state index contributed by atoms with van der Waals surface area (Å²) in [5.74, 6) is 0.256. The molecular weight excluding hydrogens is 182 g/mol. The molecule has 2 aromatic rings. The molecular formula is C7H5N7. The van der Waals surface area contributed by atoms with Gasteiger partial charge in [-0.15, -0.1) is 0 Å². The molecule has 0 saturated carbocycles. The zero-order valence-corrected chi connectivity index (χ0v) is 7.02. The Morgan fingerprint density at radius 1 is 1.50 bits per heavy atom. The minimum absolute atomic E-state index is 0.256. The van der Waals surface area contributed by atoms with Crippen LogP contribution in [0.1, 0.15) is 0 Å². The first-order chi connectivity index (χ1) is 6.92. The molecule has 0 radical (unpaired) electrons. The van der Waals surface area contributed by atoms with Crippen LogP contribution in [-0.2, 0) is 0 Å². The number of nitrogens with zero attached hydrogens (tertiary/aromatic N) is 7. The Balaban J connectivity index is 2.57. The van der Waals surface area contributed by atoms with Crippen molar-refractivity contribution >= 4 is 5.82 Å². The first-order valence-corrected chi connectivity index (χ1v) is 3.77. The van der Waals surface area contributed by atoms with Crippen LogP contribution in [0.5, 0.6) is 0 Å². The summed E-state index contributed by atoms with van der Waals surface area (Å²) in [6.45, 7) is 0. The summed E-state index contributed by atoms with van der Waals surface area (Å²) in [6.07, 6.45) is 6.18. The fraction of sp³-hybridized carbons (Fsp3) is 0. The first-order valence-electron chi connectivity index (χ1n) is 3.77. The Labute approximate surface area is 78.7 Å². The van der Waals surface area contributed by atoms with Gasteiger partial charge in [0.15, 0.2) is 5.82 Å². The smallest absolute Gasteiger partial charge is 0.155 e. The number of hydrogen-bond acceptors (Lipinski definition) is 4. The molecule has 2 heterocycles. The van der Waals surface area contributed by atoms with Crippen molar-refractivity contribution in [2.75, 3.05) is 0 Å². The second kappa shape index (κ2) is 3.55. The zero-order chi connectivity index (χ0) is 9.80. The van der Waals surface area contributed by atoms with E-state index in [1.807, 2.05) is 0 Å². The number of azide groups is 1. The molecule has 0 N–H and O–H groups in total. The van der Waals surface area contributed by atoms with Gasteiger partial charge in [-0.1, -0.05) is 0 Å². The maximum absolute atomic E-state index is 8.31. The van der Waals surface area contributed by atoms with Crippen molar-refractivity contribution in [1.82, 2.24) is 19.7 Å². The predicted molar refractivity (Wildman–Crippen MR) is 48.0 cm³/mol. The number of hydrogen-bond donors (Lipinski definition) is 0. The van der Waals surface area contributed by atoms with E-state index in [4.69, 9.17) is 5.53 Å². The predicted octanol–water partition coefficient (Wildman–Crippen LogP) is 1.60. The Kier molecular flexibility index (Phi) is 2.08. The largest absolute Gasteiger partial charge is 0.243 e. The summed E-state index contributed by atoms with van der Waals surface area (Å²) >= 11 is 0. The highest BCUT2D eigenvalue weighted by Gasteiger charge is 2.03. The minimum atomic E-state index is 0.256. The van der Waals surface area contributed by atoms with Crippen molar-refractivity contribution in [2.24, 2.45) is 5.11 Å². The van der Waals surface area contributed by atoms with E-state index in [-0.39, 0.29) is 5.82 Å². The van der Waals surface area contributed by atoms with Crippen molar-refractivity contribution < 1.29 is 0 Å². The molecule has 2 aromatic heterocycles. The van der Waals surface area contributed by atoms with Crippen LogP contribution in [0.25, 0.3) is 16.1 Å². The molecule has 0 amide bonds. The van der Waals surface area contributed by atoms with Gasteiger partial charge in [-0.3, -0.25) is 0 Å². The summed E-state index contributed by atoms with van der Waals surface area (Å²) in [6, 6.07) is 1.76. The standard InChI is InChI=1S/C7H5N7/c8-13-12-7-6(4-9-5-10-7)14-3-1-2-11-14/h1-5H. The van der Waals surface area contributed by atoms with Gasteiger partial charge >= 0.3 is 0 Å². The number of rotatable bonds is 2. The second-order valence-corrected chi connectivity index (χ2v) is 2.37. The monoisotopic (exact) mass is 187 g/mol. The average molecular weight is 187 g/mol. The topological polar surface area (TPSA) is 92.4 Å². The molecule has 0 fully saturated rings. The Morgan fingerprint density at radius 2 is 2.43 bits per heavy atom. The Hall–Kier alpha value is -2.40. The molecule has 0 aliphatic carbocycles. The highest BCUT2D eigenvalue weighted by atomic mass is 15.3. The normalized spacial score (nSPS) is 9.43. The second-order valence-electron chi connectivity index (χ2n) is 2.37. The highest BCUT2D eigenvalue weighted by molar-refractivity contribution is 5.48. The first kappa shape index (κ1) is 8.21. The van der Waals surface area contributed by atoms with Crippen molar-refractivity contribution in [3.05, 3.63) is 41.4 Å². The van der Waals surface area contributed by atoms with Crippen LogP contribution >= 0.6 is 0 Å². The van der Waals surface area contributed by atoms with Gasteiger partial charge in [-0.2, -0.15) is 5.10 Å². The maximum atomic E-state index is 8.31. The summed E-state index contributed by atoms with van der Waals surface area (Å²) in [5.41, 5.74) is 8.86. The lowest BCUT2D eigenvalue weighted by Gasteiger charge is -2.01. The zero-order valence-electron chi connectivity index (χ0n) is 7.02. The number of aromatic nitrogens is 4. The van der Waals surface area contributed by atoms with Gasteiger partial charge in [0.25, 0.3) is 0 Å². The van der Waals surface area contributed by atoms with E-state index in [2.05, 4.69) is 25.1 Å². The SMILES string of the molecule is [N-]=[N+]=Nc1ncncc1-n1cccn1. The molecule has 0 saturated heterocycles. The van der Waals surface area contributed by atoms with Gasteiger partial charge in [0.2, 0.25) is 0 Å². The van der Waals surface area contributed by atoms with Crippen molar-refractivity contribution in [3.8, 4) is 5.69 Å². The van der Waals surface area contributed by atoms with Crippen LogP contribution in [0.3, 0.4) is 0 Å². The van der Waals surface area contributed by atoms with Gasteiger partial charge in [-0.05, 0) is 16.7 Å². The third-order valence-corrected chi connectivity index (χ3v) is 1.56.